The summed E-state index contributed by atoms with van der Waals surface area (Å²) < 4.78 is 22.1. The van der Waals surface area contributed by atoms with E-state index in [2.05, 4.69) is 15.1 Å². The maximum Gasteiger partial charge on any atom is 0.339 e. The minimum Gasteiger partial charge on any atom is -0.493 e. The van der Waals surface area contributed by atoms with Crippen LogP contribution < -0.4 is 43.5 Å². The predicted molar refractivity (Wildman–Crippen MR) is 243 cm³/mol. The molecule has 12 N–H and O–H groups in total. The van der Waals surface area contributed by atoms with Gasteiger partial charge < -0.3 is 67.8 Å². The van der Waals surface area contributed by atoms with Gasteiger partial charge in [0.15, 0.2) is 0 Å². The molecule has 5 amide bonds. The van der Waals surface area contributed by atoms with E-state index in [4.69, 9.17) is 75.9 Å². The van der Waals surface area contributed by atoms with Crippen LogP contribution in [0, 0.1) is 11.8 Å². The van der Waals surface area contributed by atoms with Crippen molar-refractivity contribution in [2.45, 2.75) is 51.7 Å². The minimum absolute atomic E-state index is 0.0195. The Hall–Kier alpha value is -4.50. The Labute approximate surface area is 379 Å². The van der Waals surface area contributed by atoms with E-state index in [0.717, 1.165) is 97.7 Å². The number of benzene rings is 2. The molecule has 2 aromatic rings. The van der Waals surface area contributed by atoms with E-state index in [0.29, 0.717) is 72.5 Å². The number of carboxylic acids is 1. The zero-order valence-corrected chi connectivity index (χ0v) is 37.9. The Morgan fingerprint density at radius 3 is 1.57 bits per heavy atom. The number of piperidine rings is 2. The summed E-state index contributed by atoms with van der Waals surface area (Å²) in [5.41, 5.74) is 28.7. The number of nitrogen functional groups attached to an aromatic ring is 2. The van der Waals surface area contributed by atoms with Crippen LogP contribution in [0.25, 0.3) is 0 Å². The molecule has 0 aliphatic carbocycles. The second-order valence-corrected chi connectivity index (χ2v) is 16.7. The second-order valence-electron chi connectivity index (χ2n) is 15.9. The smallest absolute Gasteiger partial charge is 0.339 e. The standard InChI is InChI=1S/C21H32ClN5O4.C12H24N4O2.C9H10ClNO3/c1-2-30-19-10-18(23)17(22)9-16(19)20(28)25-11-15-13-26(7-8-31-15)12-14-3-5-27(6-4-14)21(24)29;13-7-11-9-15(5-6-18-11)8-10-1-3-16(4-2-10)12(14)17;1-2-14-8-4-7(11)6(10)3-5(8)9(12)13/h9-10,14-15H,2-8,11-13,23H2,1H3,(H2,24,29)(H,25,28);10-11H,1-9,13H2,(H2,14,17);3-4H,2,11H2,1H3,(H,12,13). The molecule has 0 bridgehead atoms. The number of primary amides is 2. The van der Waals surface area contributed by atoms with Gasteiger partial charge >= 0.3 is 18.0 Å². The number of rotatable bonds is 13. The summed E-state index contributed by atoms with van der Waals surface area (Å²) in [6, 6.07) is 5.17. The van der Waals surface area contributed by atoms with Crippen molar-refractivity contribution < 1.29 is 43.2 Å². The molecule has 19 nitrogen and oxygen atoms in total. The highest BCUT2D eigenvalue weighted by Gasteiger charge is 2.28. The van der Waals surface area contributed by atoms with Gasteiger partial charge in [-0.3, -0.25) is 14.6 Å². The number of anilines is 2. The highest BCUT2D eigenvalue weighted by molar-refractivity contribution is 6.34. The van der Waals surface area contributed by atoms with E-state index in [-0.39, 0.29) is 46.5 Å². The first kappa shape index (κ1) is 51.1. The Kier molecular flexibility index (Phi) is 20.9. The molecule has 2 aromatic carbocycles. The monoisotopic (exact) mass is 924 g/mol. The van der Waals surface area contributed by atoms with Crippen LogP contribution in [0.3, 0.4) is 0 Å². The van der Waals surface area contributed by atoms with E-state index in [9.17, 15) is 19.2 Å². The molecule has 4 fully saturated rings. The fourth-order valence-corrected chi connectivity index (χ4v) is 8.22. The molecule has 63 heavy (non-hydrogen) atoms. The molecule has 0 aromatic heterocycles. The van der Waals surface area contributed by atoms with Crippen LogP contribution in [0.2, 0.25) is 10.0 Å². The van der Waals surface area contributed by atoms with Gasteiger partial charge in [0.25, 0.3) is 5.91 Å². The number of hydrogen-bond donors (Lipinski definition) is 7. The van der Waals surface area contributed by atoms with Crippen molar-refractivity contribution in [2.75, 3.05) is 116 Å². The fraction of sp³-hybridized carbons (Fsp3) is 0.619. The normalized spacial score (nSPS) is 20.1. The zero-order valence-electron chi connectivity index (χ0n) is 36.4. The largest absolute Gasteiger partial charge is 0.493 e. The van der Waals surface area contributed by atoms with E-state index in [1.54, 1.807) is 22.8 Å². The van der Waals surface area contributed by atoms with Crippen molar-refractivity contribution in [3.63, 3.8) is 0 Å². The molecule has 352 valence electrons. The zero-order chi connectivity index (χ0) is 46.1. The first-order valence-corrected chi connectivity index (χ1v) is 22.3. The number of urea groups is 2. The van der Waals surface area contributed by atoms with Crippen molar-refractivity contribution >= 4 is 58.5 Å². The van der Waals surface area contributed by atoms with E-state index < -0.39 is 5.97 Å². The van der Waals surface area contributed by atoms with Gasteiger partial charge in [0.2, 0.25) is 0 Å². The SMILES string of the molecule is CCOc1cc(N)c(Cl)cc1C(=O)NCC1CN(CC2CCN(C(N)=O)CC2)CCO1.CCOc1cc(N)c(Cl)cc1C(=O)O.NCC1CN(CC2CCN(C(N)=O)CC2)CCO1. The number of halogens is 2. The Bertz CT molecular complexity index is 1820. The van der Waals surface area contributed by atoms with Gasteiger partial charge in [-0.25, -0.2) is 14.4 Å². The molecule has 2 atom stereocenters. The Morgan fingerprint density at radius 1 is 0.714 bits per heavy atom. The van der Waals surface area contributed by atoms with Crippen LogP contribution in [0.15, 0.2) is 24.3 Å². The summed E-state index contributed by atoms with van der Waals surface area (Å²) >= 11 is 11.8. The molecule has 0 saturated carbocycles. The predicted octanol–water partition coefficient (Wildman–Crippen LogP) is 3.00. The molecule has 4 saturated heterocycles. The number of carbonyl (C=O) groups excluding carboxylic acids is 3. The fourth-order valence-electron chi connectivity index (χ4n) is 7.90. The third-order valence-corrected chi connectivity index (χ3v) is 12.0. The Balaban J connectivity index is 0.000000230. The molecule has 0 radical (unpaired) electrons. The summed E-state index contributed by atoms with van der Waals surface area (Å²) in [5, 5.41) is 12.3. The lowest BCUT2D eigenvalue weighted by Gasteiger charge is -2.37. The van der Waals surface area contributed by atoms with E-state index in [1.165, 1.54) is 18.2 Å². The molecule has 21 heteroatoms. The van der Waals surface area contributed by atoms with Crippen molar-refractivity contribution in [1.29, 1.82) is 0 Å². The first-order valence-electron chi connectivity index (χ1n) is 21.5. The van der Waals surface area contributed by atoms with Gasteiger partial charge in [-0.15, -0.1) is 0 Å². The molecule has 2 unspecified atom stereocenters. The van der Waals surface area contributed by atoms with Gasteiger partial charge in [-0.2, -0.15) is 0 Å². The van der Waals surface area contributed by atoms with Gasteiger partial charge in [-0.1, -0.05) is 23.2 Å². The second kappa shape index (κ2) is 25.7. The summed E-state index contributed by atoms with van der Waals surface area (Å²) in [7, 11) is 0. The molecule has 4 heterocycles. The van der Waals surface area contributed by atoms with Crippen LogP contribution in [0.4, 0.5) is 21.0 Å². The quantitative estimate of drug-likeness (QED) is 0.142. The number of likely N-dealkylation sites (tertiary alicyclic amines) is 2. The number of morpholine rings is 2. The van der Waals surface area contributed by atoms with Crippen LogP contribution in [-0.4, -0.2) is 166 Å². The number of carbonyl (C=O) groups is 4. The Morgan fingerprint density at radius 2 is 1.14 bits per heavy atom. The number of ether oxygens (including phenoxy) is 4. The lowest BCUT2D eigenvalue weighted by Crippen LogP contribution is -2.50. The van der Waals surface area contributed by atoms with Gasteiger partial charge in [0.05, 0.1) is 65.6 Å². The maximum atomic E-state index is 12.7. The molecule has 6 rings (SSSR count). The summed E-state index contributed by atoms with van der Waals surface area (Å²) in [6.45, 7) is 15.4. The van der Waals surface area contributed by atoms with Gasteiger partial charge in [-0.05, 0) is 63.5 Å². The third-order valence-electron chi connectivity index (χ3n) is 11.4. The number of carboxylic acid groups (broad SMARTS) is 1. The summed E-state index contributed by atoms with van der Waals surface area (Å²) in [5.74, 6) is 0.490. The lowest BCUT2D eigenvalue weighted by molar-refractivity contribution is -0.0330. The average molecular weight is 926 g/mol. The highest BCUT2D eigenvalue weighted by atomic mass is 35.5. The number of nitrogens with two attached hydrogens (primary N) is 5. The van der Waals surface area contributed by atoms with Crippen LogP contribution >= 0.6 is 23.2 Å². The van der Waals surface area contributed by atoms with Crippen LogP contribution in [-0.2, 0) is 9.47 Å². The van der Waals surface area contributed by atoms with E-state index in [1.807, 2.05) is 6.92 Å². The third kappa shape index (κ3) is 16.2. The lowest BCUT2D eigenvalue weighted by atomic mass is 9.96. The first-order chi connectivity index (χ1) is 30.1. The number of hydrogen-bond acceptors (Lipinski definition) is 13. The van der Waals surface area contributed by atoms with Gasteiger partial charge in [0, 0.05) is 90.7 Å². The van der Waals surface area contributed by atoms with Crippen molar-refractivity contribution in [3.8, 4) is 11.5 Å². The number of nitrogens with one attached hydrogen (secondary N) is 1. The summed E-state index contributed by atoms with van der Waals surface area (Å²) in [4.78, 5) is 54.1. The molecular weight excluding hydrogens is 859 g/mol. The molecule has 4 aliphatic heterocycles. The highest BCUT2D eigenvalue weighted by Crippen LogP contribution is 2.30. The maximum absolute atomic E-state index is 12.7. The van der Waals surface area contributed by atoms with Crippen molar-refractivity contribution in [1.82, 2.24) is 24.9 Å². The number of amides is 5. The van der Waals surface area contributed by atoms with Crippen LogP contribution in [0.1, 0.15) is 60.2 Å². The molecule has 0 spiro atoms. The molecular formula is C42H66Cl2N10O9. The van der Waals surface area contributed by atoms with E-state index >= 15 is 0 Å². The average Bonchev–Trinajstić information content (AvgIpc) is 3.26. The van der Waals surface area contributed by atoms with Crippen molar-refractivity contribution in [3.05, 3.63) is 45.4 Å². The topological polar surface area (TPSA) is 281 Å². The van der Waals surface area contributed by atoms with Gasteiger partial charge in [0.1, 0.15) is 17.1 Å². The number of nitrogens with zero attached hydrogens (tertiary/aromatic N) is 4. The van der Waals surface area contributed by atoms with Crippen LogP contribution in [0.5, 0.6) is 11.5 Å². The molecule has 4 aliphatic rings. The minimum atomic E-state index is -1.09. The number of aromatic carboxylic acids is 1. The summed E-state index contributed by atoms with van der Waals surface area (Å²) in [6.07, 6.45) is 4.11. The van der Waals surface area contributed by atoms with Crippen molar-refractivity contribution in [2.24, 2.45) is 29.0 Å².